The predicted molar refractivity (Wildman–Crippen MR) is 189 cm³/mol. The van der Waals surface area contributed by atoms with Crippen LogP contribution in [-0.2, 0) is 19.2 Å². The van der Waals surface area contributed by atoms with Gasteiger partial charge in [0.15, 0.2) is 11.6 Å². The first-order chi connectivity index (χ1) is 22.8. The number of nitrogens with zero attached hydrogens (tertiary/aromatic N) is 4. The molecule has 0 saturated heterocycles. The smallest absolute Gasteiger partial charge is 0.258 e. The number of ketones is 2. The number of carbonyl (C=O) groups is 4. The zero-order valence-electron chi connectivity index (χ0n) is 27.3. The van der Waals surface area contributed by atoms with Gasteiger partial charge in [0.2, 0.25) is 12.1 Å². The maximum Gasteiger partial charge on any atom is 0.258 e. The van der Waals surface area contributed by atoms with Crippen LogP contribution in [0.15, 0.2) is 93.3 Å². The van der Waals surface area contributed by atoms with Crippen molar-refractivity contribution in [2.75, 3.05) is 10.6 Å². The number of benzene rings is 4. The summed E-state index contributed by atoms with van der Waals surface area (Å²) >= 11 is 13.1. The Hall–Kier alpha value is -5.06. The summed E-state index contributed by atoms with van der Waals surface area (Å²) in [4.78, 5) is 50.3. The van der Waals surface area contributed by atoms with Crippen LogP contribution in [0.3, 0.4) is 0 Å². The molecule has 0 bridgehead atoms. The van der Waals surface area contributed by atoms with Gasteiger partial charge in [0.25, 0.3) is 11.8 Å². The van der Waals surface area contributed by atoms with Gasteiger partial charge >= 0.3 is 0 Å². The second-order valence-electron chi connectivity index (χ2n) is 11.3. The lowest BCUT2D eigenvalue weighted by Gasteiger charge is -2.13. The maximum atomic E-state index is 12.9. The van der Waals surface area contributed by atoms with Crippen LogP contribution < -0.4 is 10.6 Å². The van der Waals surface area contributed by atoms with E-state index < -0.39 is 35.5 Å². The van der Waals surface area contributed by atoms with E-state index in [2.05, 4.69) is 31.1 Å². The number of nitrogens with one attached hydrogen (secondary N) is 2. The van der Waals surface area contributed by atoms with Crippen molar-refractivity contribution in [2.24, 2.45) is 20.5 Å². The van der Waals surface area contributed by atoms with Gasteiger partial charge in [-0.1, -0.05) is 59.6 Å². The van der Waals surface area contributed by atoms with Crippen molar-refractivity contribution in [2.45, 2.75) is 53.6 Å². The molecule has 0 fully saturated rings. The highest BCUT2D eigenvalue weighted by Crippen LogP contribution is 2.36. The third-order valence-electron chi connectivity index (χ3n) is 7.77. The number of anilines is 2. The second kappa shape index (κ2) is 15.7. The van der Waals surface area contributed by atoms with E-state index in [-0.39, 0.29) is 10.7 Å². The van der Waals surface area contributed by atoms with E-state index in [1.54, 1.807) is 48.5 Å². The largest absolute Gasteiger partial charge is 0.324 e. The minimum absolute atomic E-state index is 0.215. The number of carbonyl (C=O) groups excluding carboxylic acids is 4. The van der Waals surface area contributed by atoms with E-state index in [1.807, 2.05) is 52.0 Å². The van der Waals surface area contributed by atoms with Crippen molar-refractivity contribution in [1.82, 2.24) is 0 Å². The highest BCUT2D eigenvalue weighted by molar-refractivity contribution is 6.34. The zero-order chi connectivity index (χ0) is 35.1. The van der Waals surface area contributed by atoms with Crippen LogP contribution in [0.1, 0.15) is 36.1 Å². The number of rotatable bonds is 11. The highest BCUT2D eigenvalue weighted by Gasteiger charge is 2.25. The lowest BCUT2D eigenvalue weighted by molar-refractivity contribution is -0.127. The summed E-state index contributed by atoms with van der Waals surface area (Å²) in [6, 6.07) is 18.1. The zero-order valence-corrected chi connectivity index (χ0v) is 28.8. The normalized spacial score (nSPS) is 12.6. The molecular weight excluding hydrogens is 651 g/mol. The van der Waals surface area contributed by atoms with Gasteiger partial charge in [0.1, 0.15) is 5.69 Å². The van der Waals surface area contributed by atoms with Gasteiger partial charge in [0.05, 0.1) is 15.7 Å². The molecule has 0 spiro atoms. The number of hydrogen-bond donors (Lipinski definition) is 2. The van der Waals surface area contributed by atoms with E-state index in [1.165, 1.54) is 13.8 Å². The molecule has 0 aliphatic heterocycles. The van der Waals surface area contributed by atoms with Crippen LogP contribution in [0.4, 0.5) is 22.7 Å². The molecule has 2 N–H and O–H groups in total. The molecule has 48 heavy (non-hydrogen) atoms. The Morgan fingerprint density at radius 2 is 1.15 bits per heavy atom. The van der Waals surface area contributed by atoms with E-state index in [0.717, 1.165) is 22.3 Å². The molecule has 246 valence electrons. The molecule has 0 aromatic heterocycles. The van der Waals surface area contributed by atoms with Crippen LogP contribution in [-0.4, -0.2) is 35.5 Å². The van der Waals surface area contributed by atoms with Crippen LogP contribution in [0.25, 0.3) is 11.1 Å². The fourth-order valence-corrected chi connectivity index (χ4v) is 5.11. The third kappa shape index (κ3) is 8.64. The molecule has 0 radical (unpaired) electrons. The first kappa shape index (κ1) is 35.8. The summed E-state index contributed by atoms with van der Waals surface area (Å²) in [5.41, 5.74) is 6.80. The van der Waals surface area contributed by atoms with Gasteiger partial charge in [0, 0.05) is 16.9 Å². The van der Waals surface area contributed by atoms with Gasteiger partial charge in [-0.15, -0.1) is 0 Å². The Morgan fingerprint density at radius 3 is 1.62 bits per heavy atom. The van der Waals surface area contributed by atoms with E-state index in [0.29, 0.717) is 33.2 Å². The van der Waals surface area contributed by atoms with E-state index >= 15 is 0 Å². The molecule has 10 nitrogen and oxygen atoms in total. The Bertz CT molecular complexity index is 1970. The fraction of sp³-hybridized carbons (Fsp3) is 0.222. The van der Waals surface area contributed by atoms with Crippen LogP contribution in [0.2, 0.25) is 10.0 Å². The second-order valence-corrected chi connectivity index (χ2v) is 12.1. The molecule has 4 aromatic carbocycles. The SMILES string of the molecule is CC(=O)C(N=Nc1ccc(-c2ccc(N=NC(C(C)=O)C(=O)Nc3cccc(C)c3C)c(Cl)c2)c(Cl)c1)C(=O)Nc1cccc(C)c1C. The molecule has 0 saturated carbocycles. The molecule has 0 heterocycles. The number of amides is 2. The van der Waals surface area contributed by atoms with Crippen molar-refractivity contribution in [3.8, 4) is 11.1 Å². The van der Waals surface area contributed by atoms with E-state index in [9.17, 15) is 19.2 Å². The topological polar surface area (TPSA) is 142 Å². The van der Waals surface area contributed by atoms with Gasteiger partial charge in [-0.3, -0.25) is 19.2 Å². The number of halogens is 2. The van der Waals surface area contributed by atoms with Gasteiger partial charge in [-0.25, -0.2) is 0 Å². The Balaban J connectivity index is 1.48. The summed E-state index contributed by atoms with van der Waals surface area (Å²) in [5, 5.41) is 22.3. The fourth-order valence-electron chi connectivity index (χ4n) is 4.61. The first-order valence-corrected chi connectivity index (χ1v) is 15.7. The quantitative estimate of drug-likeness (QED) is 0.120. The summed E-state index contributed by atoms with van der Waals surface area (Å²) < 4.78 is 0. The van der Waals surface area contributed by atoms with Crippen molar-refractivity contribution in [3.63, 3.8) is 0 Å². The minimum Gasteiger partial charge on any atom is -0.324 e. The van der Waals surface area contributed by atoms with Crippen molar-refractivity contribution >= 4 is 69.3 Å². The average molecular weight is 686 g/mol. The van der Waals surface area contributed by atoms with Gasteiger partial charge in [-0.05, 0) is 106 Å². The summed E-state index contributed by atoms with van der Waals surface area (Å²) in [5.74, 6) is -2.14. The number of azo groups is 2. The summed E-state index contributed by atoms with van der Waals surface area (Å²) in [7, 11) is 0. The molecule has 2 unspecified atom stereocenters. The Kier molecular flexibility index (Phi) is 11.7. The van der Waals surface area contributed by atoms with Gasteiger partial charge < -0.3 is 10.6 Å². The molecule has 2 amide bonds. The molecular formula is C36H34Cl2N6O4. The molecule has 0 aliphatic carbocycles. The van der Waals surface area contributed by atoms with Gasteiger partial charge in [-0.2, -0.15) is 20.5 Å². The molecule has 4 rings (SSSR count). The lowest BCUT2D eigenvalue weighted by Crippen LogP contribution is -2.32. The molecule has 12 heteroatoms. The van der Waals surface area contributed by atoms with Crippen LogP contribution in [0, 0.1) is 27.7 Å². The number of hydrogen-bond acceptors (Lipinski definition) is 8. The first-order valence-electron chi connectivity index (χ1n) is 14.9. The molecule has 0 aliphatic rings. The van der Waals surface area contributed by atoms with Crippen molar-refractivity contribution in [1.29, 1.82) is 0 Å². The predicted octanol–water partition coefficient (Wildman–Crippen LogP) is 9.25. The van der Waals surface area contributed by atoms with Crippen LogP contribution >= 0.6 is 23.2 Å². The molecule has 2 atom stereocenters. The summed E-state index contributed by atoms with van der Waals surface area (Å²) in [6.07, 6.45) is 0. The lowest BCUT2D eigenvalue weighted by atomic mass is 10.0. The Labute approximate surface area is 288 Å². The third-order valence-corrected chi connectivity index (χ3v) is 8.39. The highest BCUT2D eigenvalue weighted by atomic mass is 35.5. The number of aryl methyl sites for hydroxylation is 2. The average Bonchev–Trinajstić information content (AvgIpc) is 3.02. The monoisotopic (exact) mass is 684 g/mol. The molecule has 4 aromatic rings. The minimum atomic E-state index is -1.36. The number of Topliss-reactive ketones (excluding diaryl/α,β-unsaturated/α-hetero) is 2. The van der Waals surface area contributed by atoms with Crippen LogP contribution in [0.5, 0.6) is 0 Å². The van der Waals surface area contributed by atoms with Crippen molar-refractivity contribution in [3.05, 3.63) is 105 Å². The van der Waals surface area contributed by atoms with E-state index in [4.69, 9.17) is 23.2 Å². The Morgan fingerprint density at radius 1 is 0.625 bits per heavy atom. The maximum absolute atomic E-state index is 12.9. The standard InChI is InChI=1S/C36H34Cl2N6O4/c1-19-9-7-11-30(21(19)3)39-35(47)33(23(5)45)43-41-26-14-15-27(28(37)18-26)25-13-16-32(29(38)17-25)42-44-34(24(6)46)36(48)40-31-12-8-10-20(2)22(31)4/h7-18,33-34H,1-6H3,(H,39,47)(H,40,48). The summed E-state index contributed by atoms with van der Waals surface area (Å²) in [6.45, 7) is 10.1. The van der Waals surface area contributed by atoms with Crippen molar-refractivity contribution < 1.29 is 19.2 Å².